The molecule has 7 heteroatoms. The van der Waals surface area contributed by atoms with E-state index >= 15 is 0 Å². The van der Waals surface area contributed by atoms with E-state index in [1.54, 1.807) is 6.07 Å². The summed E-state index contributed by atoms with van der Waals surface area (Å²) in [5, 5.41) is 3.71. The first-order chi connectivity index (χ1) is 18.3. The number of halogens is 1. The van der Waals surface area contributed by atoms with Crippen LogP contribution >= 0.6 is 11.6 Å². The molecule has 0 atom stereocenters. The Bertz CT molecular complexity index is 1210. The standard InChI is InChI=1S/C31H42ClN5O/c1-6-37(27-13-11-26(12-14-27)35(4)5)29-20-25(32)19-28(23(29)3)31(38)34-16-15-30-33-17-18-36(30)21-24-9-7-22(2)8-10-24/h7-10,17-20,26-27H,6,11-16,21H2,1-5H3,(H,34,38). The number of benzene rings is 2. The fourth-order valence-corrected chi connectivity index (χ4v) is 5.91. The molecule has 1 aliphatic rings. The average Bonchev–Trinajstić information content (AvgIpc) is 3.34. The Kier molecular flexibility index (Phi) is 9.50. The van der Waals surface area contributed by atoms with Gasteiger partial charge in [-0.25, -0.2) is 4.98 Å². The number of hydrogen-bond donors (Lipinski definition) is 1. The number of nitrogens with one attached hydrogen (secondary N) is 1. The van der Waals surface area contributed by atoms with Crippen molar-refractivity contribution in [2.24, 2.45) is 0 Å². The zero-order chi connectivity index (χ0) is 27.2. The number of carbonyl (C=O) groups is 1. The molecule has 1 fully saturated rings. The third kappa shape index (κ3) is 6.78. The number of amides is 1. The molecule has 6 nitrogen and oxygen atoms in total. The van der Waals surface area contributed by atoms with E-state index in [1.807, 2.05) is 25.4 Å². The minimum Gasteiger partial charge on any atom is -0.369 e. The zero-order valence-electron chi connectivity index (χ0n) is 23.5. The Labute approximate surface area is 233 Å². The number of rotatable bonds is 10. The third-order valence-corrected chi connectivity index (χ3v) is 8.20. The van der Waals surface area contributed by atoms with Gasteiger partial charge in [-0.3, -0.25) is 4.79 Å². The lowest BCUT2D eigenvalue weighted by molar-refractivity contribution is 0.0953. The molecule has 0 unspecified atom stereocenters. The number of hydrogen-bond acceptors (Lipinski definition) is 4. The van der Waals surface area contributed by atoms with Crippen LogP contribution in [0.5, 0.6) is 0 Å². The monoisotopic (exact) mass is 535 g/mol. The van der Waals surface area contributed by atoms with Crippen LogP contribution in [0.1, 0.15) is 65.5 Å². The van der Waals surface area contributed by atoms with Crippen LogP contribution in [0.25, 0.3) is 0 Å². The maximum atomic E-state index is 13.3. The van der Waals surface area contributed by atoms with Crippen molar-refractivity contribution in [2.45, 2.75) is 71.5 Å². The van der Waals surface area contributed by atoms with Gasteiger partial charge in [0, 0.05) is 66.8 Å². The van der Waals surface area contributed by atoms with E-state index in [2.05, 4.69) is 76.9 Å². The first-order valence-corrected chi connectivity index (χ1v) is 14.2. The Balaban J connectivity index is 1.41. The third-order valence-electron chi connectivity index (χ3n) is 7.99. The number of anilines is 1. The Hall–Kier alpha value is -2.83. The van der Waals surface area contributed by atoms with E-state index in [1.165, 1.54) is 24.0 Å². The molecule has 0 bridgehead atoms. The molecule has 1 amide bonds. The van der Waals surface area contributed by atoms with Gasteiger partial charge in [0.15, 0.2) is 0 Å². The summed E-state index contributed by atoms with van der Waals surface area (Å²) in [6.07, 6.45) is 9.17. The van der Waals surface area contributed by atoms with Crippen LogP contribution in [0.15, 0.2) is 48.8 Å². The fraction of sp³-hybridized carbons (Fsp3) is 0.484. The van der Waals surface area contributed by atoms with Crippen molar-refractivity contribution >= 4 is 23.2 Å². The van der Waals surface area contributed by atoms with Gasteiger partial charge in [-0.15, -0.1) is 0 Å². The SMILES string of the molecule is CCN(c1cc(Cl)cc(C(=O)NCCc2nccn2Cc2ccc(C)cc2)c1C)C1CCC(N(C)C)CC1. The lowest BCUT2D eigenvalue weighted by Gasteiger charge is -2.40. The van der Waals surface area contributed by atoms with Crippen LogP contribution in [-0.2, 0) is 13.0 Å². The minimum atomic E-state index is -0.0877. The maximum Gasteiger partial charge on any atom is 0.251 e. The van der Waals surface area contributed by atoms with E-state index in [4.69, 9.17) is 11.6 Å². The molecule has 0 aliphatic heterocycles. The van der Waals surface area contributed by atoms with Crippen LogP contribution in [0.2, 0.25) is 5.02 Å². The largest absolute Gasteiger partial charge is 0.369 e. The summed E-state index contributed by atoms with van der Waals surface area (Å²) >= 11 is 6.57. The zero-order valence-corrected chi connectivity index (χ0v) is 24.3. The summed E-state index contributed by atoms with van der Waals surface area (Å²) in [5.41, 5.74) is 5.20. The fourth-order valence-electron chi connectivity index (χ4n) is 5.70. The van der Waals surface area contributed by atoms with Gasteiger partial charge in [0.2, 0.25) is 0 Å². The second-order valence-electron chi connectivity index (χ2n) is 10.8. The lowest BCUT2D eigenvalue weighted by atomic mass is 9.89. The van der Waals surface area contributed by atoms with Gasteiger partial charge in [0.1, 0.15) is 5.82 Å². The van der Waals surface area contributed by atoms with E-state index in [0.29, 0.717) is 35.6 Å². The molecule has 2 aromatic carbocycles. The smallest absolute Gasteiger partial charge is 0.251 e. The van der Waals surface area contributed by atoms with Gasteiger partial charge < -0.3 is 19.7 Å². The highest BCUT2D eigenvalue weighted by Gasteiger charge is 2.28. The van der Waals surface area contributed by atoms with Crippen molar-refractivity contribution in [3.05, 3.63) is 81.9 Å². The molecule has 1 aromatic heterocycles. The van der Waals surface area contributed by atoms with Crippen LogP contribution < -0.4 is 10.2 Å². The van der Waals surface area contributed by atoms with Crippen molar-refractivity contribution in [1.29, 1.82) is 0 Å². The lowest BCUT2D eigenvalue weighted by Crippen LogP contribution is -2.42. The molecule has 3 aromatic rings. The maximum absolute atomic E-state index is 13.3. The van der Waals surface area contributed by atoms with E-state index in [0.717, 1.165) is 43.0 Å². The second kappa shape index (κ2) is 12.8. The molecule has 1 heterocycles. The van der Waals surface area contributed by atoms with Crippen molar-refractivity contribution < 1.29 is 4.79 Å². The summed E-state index contributed by atoms with van der Waals surface area (Å²) < 4.78 is 2.14. The first-order valence-electron chi connectivity index (χ1n) is 13.8. The van der Waals surface area contributed by atoms with Crippen molar-refractivity contribution in [3.63, 3.8) is 0 Å². The predicted molar refractivity (Wildman–Crippen MR) is 157 cm³/mol. The van der Waals surface area contributed by atoms with Crippen molar-refractivity contribution in [2.75, 3.05) is 32.1 Å². The molecule has 0 spiro atoms. The van der Waals surface area contributed by atoms with Crippen molar-refractivity contribution in [1.82, 2.24) is 19.8 Å². The summed E-state index contributed by atoms with van der Waals surface area (Å²) in [6, 6.07) is 13.5. The molecule has 204 valence electrons. The van der Waals surface area contributed by atoms with Gasteiger partial charge in [-0.05, 0) is 83.8 Å². The van der Waals surface area contributed by atoms with E-state index < -0.39 is 0 Å². The Morgan fingerprint density at radius 3 is 2.42 bits per heavy atom. The molecule has 1 saturated carbocycles. The molecule has 0 radical (unpaired) electrons. The molecule has 1 N–H and O–H groups in total. The summed E-state index contributed by atoms with van der Waals surface area (Å²) in [7, 11) is 4.35. The van der Waals surface area contributed by atoms with Gasteiger partial charge in [-0.2, -0.15) is 0 Å². The minimum absolute atomic E-state index is 0.0877. The first kappa shape index (κ1) is 28.2. The highest BCUT2D eigenvalue weighted by Crippen LogP contribution is 2.34. The van der Waals surface area contributed by atoms with Crippen LogP contribution in [0.4, 0.5) is 5.69 Å². The molecule has 0 saturated heterocycles. The summed E-state index contributed by atoms with van der Waals surface area (Å²) in [6.45, 7) is 8.50. The van der Waals surface area contributed by atoms with E-state index in [9.17, 15) is 4.79 Å². The van der Waals surface area contributed by atoms with Crippen LogP contribution in [0, 0.1) is 13.8 Å². The predicted octanol–water partition coefficient (Wildman–Crippen LogP) is 5.87. The number of nitrogens with zero attached hydrogens (tertiary/aromatic N) is 4. The normalized spacial score (nSPS) is 17.6. The van der Waals surface area contributed by atoms with Gasteiger partial charge >= 0.3 is 0 Å². The highest BCUT2D eigenvalue weighted by molar-refractivity contribution is 6.31. The van der Waals surface area contributed by atoms with Gasteiger partial charge in [-0.1, -0.05) is 41.4 Å². The van der Waals surface area contributed by atoms with Crippen molar-refractivity contribution in [3.8, 4) is 0 Å². The molecular weight excluding hydrogens is 494 g/mol. The number of carbonyl (C=O) groups excluding carboxylic acids is 1. The van der Waals surface area contributed by atoms with E-state index in [-0.39, 0.29) is 5.91 Å². The summed E-state index contributed by atoms with van der Waals surface area (Å²) in [5.74, 6) is 0.870. The van der Waals surface area contributed by atoms with Gasteiger partial charge in [0.05, 0.1) is 0 Å². The molecule has 4 rings (SSSR count). The Morgan fingerprint density at radius 2 is 1.76 bits per heavy atom. The molecule has 38 heavy (non-hydrogen) atoms. The van der Waals surface area contributed by atoms with Crippen LogP contribution in [-0.4, -0.2) is 59.6 Å². The van der Waals surface area contributed by atoms with Gasteiger partial charge in [0.25, 0.3) is 5.91 Å². The Morgan fingerprint density at radius 1 is 1.08 bits per heavy atom. The topological polar surface area (TPSA) is 53.4 Å². The quantitative estimate of drug-likeness (QED) is 0.352. The molecule has 1 aliphatic carbocycles. The summed E-state index contributed by atoms with van der Waals surface area (Å²) in [4.78, 5) is 22.6. The second-order valence-corrected chi connectivity index (χ2v) is 11.2. The van der Waals surface area contributed by atoms with Crippen LogP contribution in [0.3, 0.4) is 0 Å². The average molecular weight is 536 g/mol. The number of imidazole rings is 1. The molecular formula is C31H42ClN5O. The number of aryl methyl sites for hydroxylation is 1. The number of aromatic nitrogens is 2. The highest BCUT2D eigenvalue weighted by atomic mass is 35.5.